The molecule has 0 radical (unpaired) electrons. The van der Waals surface area contributed by atoms with Gasteiger partial charge in [-0.1, -0.05) is 6.07 Å². The lowest BCUT2D eigenvalue weighted by atomic mass is 10.1. The van der Waals surface area contributed by atoms with Gasteiger partial charge in [-0.3, -0.25) is 0 Å². The van der Waals surface area contributed by atoms with Crippen molar-refractivity contribution in [3.05, 3.63) is 83.6 Å². The van der Waals surface area contributed by atoms with E-state index in [4.69, 9.17) is 4.74 Å². The van der Waals surface area contributed by atoms with E-state index in [1.54, 1.807) is 25.4 Å². The number of H-pyrrole nitrogens is 1. The number of aromatic amines is 1. The van der Waals surface area contributed by atoms with E-state index in [1.807, 2.05) is 30.6 Å². The van der Waals surface area contributed by atoms with Crippen LogP contribution in [0.3, 0.4) is 0 Å². The van der Waals surface area contributed by atoms with Crippen molar-refractivity contribution >= 4 is 16.9 Å². The standard InChI is InChI=1S/C21H19FN4O/c1-27-17-5-6-19(22)16(10-17)13-25-20-7-4-14(11-24-20)9-15-12-26-21-18(15)3-2-8-23-21/h2-8,10-12H,9,13H2,1H3,(H,23,26)(H,24,25). The number of rotatable bonds is 6. The first-order chi connectivity index (χ1) is 13.2. The van der Waals surface area contributed by atoms with Gasteiger partial charge in [0, 0.05) is 42.5 Å². The summed E-state index contributed by atoms with van der Waals surface area (Å²) in [6, 6.07) is 12.6. The molecule has 0 spiro atoms. The van der Waals surface area contributed by atoms with Crippen molar-refractivity contribution in [2.24, 2.45) is 0 Å². The minimum atomic E-state index is -0.270. The zero-order valence-electron chi connectivity index (χ0n) is 14.9. The van der Waals surface area contributed by atoms with Gasteiger partial charge >= 0.3 is 0 Å². The van der Waals surface area contributed by atoms with Crippen LogP contribution in [-0.2, 0) is 13.0 Å². The zero-order chi connectivity index (χ0) is 18.6. The minimum absolute atomic E-state index is 0.270. The van der Waals surface area contributed by atoms with E-state index in [1.165, 1.54) is 11.6 Å². The lowest BCUT2D eigenvalue weighted by Gasteiger charge is -2.09. The molecule has 27 heavy (non-hydrogen) atoms. The number of benzene rings is 1. The Bertz CT molecular complexity index is 1060. The summed E-state index contributed by atoms with van der Waals surface area (Å²) in [4.78, 5) is 11.9. The summed E-state index contributed by atoms with van der Waals surface area (Å²) in [5.74, 6) is 1.05. The van der Waals surface area contributed by atoms with Crippen LogP contribution in [0.2, 0.25) is 0 Å². The fourth-order valence-corrected chi connectivity index (χ4v) is 3.01. The molecule has 0 unspecified atom stereocenters. The van der Waals surface area contributed by atoms with E-state index >= 15 is 0 Å². The third-order valence-electron chi connectivity index (χ3n) is 4.47. The molecule has 0 fully saturated rings. The lowest BCUT2D eigenvalue weighted by molar-refractivity contribution is 0.413. The van der Waals surface area contributed by atoms with Gasteiger partial charge in [0.15, 0.2) is 0 Å². The summed E-state index contributed by atoms with van der Waals surface area (Å²) in [6.07, 6.45) is 6.36. The summed E-state index contributed by atoms with van der Waals surface area (Å²) in [7, 11) is 1.56. The molecule has 3 aromatic heterocycles. The minimum Gasteiger partial charge on any atom is -0.497 e. The molecule has 0 aliphatic rings. The van der Waals surface area contributed by atoms with Crippen LogP contribution in [0, 0.1) is 5.82 Å². The summed E-state index contributed by atoms with van der Waals surface area (Å²) in [6.45, 7) is 0.337. The molecule has 3 heterocycles. The van der Waals surface area contributed by atoms with Crippen LogP contribution >= 0.6 is 0 Å². The summed E-state index contributed by atoms with van der Waals surface area (Å²) in [5.41, 5.74) is 3.70. The SMILES string of the molecule is COc1ccc(F)c(CNc2ccc(Cc3c[nH]c4ncccc34)cn2)c1. The maximum Gasteiger partial charge on any atom is 0.137 e. The van der Waals surface area contributed by atoms with Crippen molar-refractivity contribution < 1.29 is 9.13 Å². The number of nitrogens with one attached hydrogen (secondary N) is 2. The van der Waals surface area contributed by atoms with E-state index in [-0.39, 0.29) is 5.82 Å². The molecule has 5 nitrogen and oxygen atoms in total. The normalized spacial score (nSPS) is 10.9. The van der Waals surface area contributed by atoms with Crippen LogP contribution in [0.5, 0.6) is 5.75 Å². The fraction of sp³-hybridized carbons (Fsp3) is 0.143. The highest BCUT2D eigenvalue weighted by Gasteiger charge is 2.07. The van der Waals surface area contributed by atoms with Gasteiger partial charge in [-0.05, 0) is 47.5 Å². The van der Waals surface area contributed by atoms with E-state index in [0.717, 1.165) is 23.0 Å². The number of pyridine rings is 2. The topological polar surface area (TPSA) is 62.8 Å². The predicted molar refractivity (Wildman–Crippen MR) is 103 cm³/mol. The van der Waals surface area contributed by atoms with Gasteiger partial charge in [-0.25, -0.2) is 14.4 Å². The molecule has 136 valence electrons. The van der Waals surface area contributed by atoms with Gasteiger partial charge < -0.3 is 15.0 Å². The molecule has 6 heteroatoms. The number of anilines is 1. The second kappa shape index (κ2) is 7.45. The van der Waals surface area contributed by atoms with Crippen LogP contribution < -0.4 is 10.1 Å². The third-order valence-corrected chi connectivity index (χ3v) is 4.47. The van der Waals surface area contributed by atoms with E-state index < -0.39 is 0 Å². The van der Waals surface area contributed by atoms with E-state index in [0.29, 0.717) is 23.7 Å². The third kappa shape index (κ3) is 3.74. The zero-order valence-corrected chi connectivity index (χ0v) is 14.9. The van der Waals surface area contributed by atoms with Gasteiger partial charge in [-0.2, -0.15) is 0 Å². The maximum absolute atomic E-state index is 13.9. The number of aromatic nitrogens is 3. The van der Waals surface area contributed by atoms with Gasteiger partial charge in [0.05, 0.1) is 7.11 Å². The van der Waals surface area contributed by atoms with Crippen LogP contribution in [0.25, 0.3) is 11.0 Å². The van der Waals surface area contributed by atoms with E-state index in [2.05, 4.69) is 26.3 Å². The Morgan fingerprint density at radius 3 is 2.85 bits per heavy atom. The second-order valence-corrected chi connectivity index (χ2v) is 6.25. The first kappa shape index (κ1) is 17.0. The van der Waals surface area contributed by atoms with Crippen molar-refractivity contribution in [1.29, 1.82) is 0 Å². The molecule has 0 saturated carbocycles. The largest absolute Gasteiger partial charge is 0.497 e. The number of methoxy groups -OCH3 is 1. The van der Waals surface area contributed by atoms with Crippen molar-refractivity contribution in [2.75, 3.05) is 12.4 Å². The van der Waals surface area contributed by atoms with Crippen molar-refractivity contribution in [2.45, 2.75) is 13.0 Å². The van der Waals surface area contributed by atoms with Crippen LogP contribution in [0.4, 0.5) is 10.2 Å². The Hall–Kier alpha value is -3.41. The molecule has 0 atom stereocenters. The molecule has 0 bridgehead atoms. The molecule has 0 amide bonds. The number of ether oxygens (including phenoxy) is 1. The summed E-state index contributed by atoms with van der Waals surface area (Å²) >= 11 is 0. The van der Waals surface area contributed by atoms with Crippen LogP contribution in [-0.4, -0.2) is 22.1 Å². The molecular weight excluding hydrogens is 343 g/mol. The number of halogens is 1. The molecule has 0 aliphatic carbocycles. The van der Waals surface area contributed by atoms with Crippen LogP contribution in [0.15, 0.2) is 61.1 Å². The van der Waals surface area contributed by atoms with Crippen LogP contribution in [0.1, 0.15) is 16.7 Å². The Kier molecular flexibility index (Phi) is 4.70. The first-order valence-corrected chi connectivity index (χ1v) is 8.65. The molecule has 0 saturated heterocycles. The average Bonchev–Trinajstić information content (AvgIpc) is 3.11. The highest BCUT2D eigenvalue weighted by atomic mass is 19.1. The smallest absolute Gasteiger partial charge is 0.137 e. The molecule has 2 N–H and O–H groups in total. The van der Waals surface area contributed by atoms with Crippen molar-refractivity contribution in [1.82, 2.24) is 15.0 Å². The Morgan fingerprint density at radius 2 is 2.04 bits per heavy atom. The van der Waals surface area contributed by atoms with Crippen molar-refractivity contribution in [3.63, 3.8) is 0 Å². The van der Waals surface area contributed by atoms with Gasteiger partial charge in [0.25, 0.3) is 0 Å². The van der Waals surface area contributed by atoms with E-state index in [9.17, 15) is 4.39 Å². The Balaban J connectivity index is 1.43. The molecule has 4 aromatic rings. The number of hydrogen-bond acceptors (Lipinski definition) is 4. The Labute approximate surface area is 156 Å². The monoisotopic (exact) mass is 362 g/mol. The molecule has 0 aliphatic heterocycles. The molecular formula is C21H19FN4O. The highest BCUT2D eigenvalue weighted by Crippen LogP contribution is 2.20. The van der Waals surface area contributed by atoms with Gasteiger partial charge in [0.1, 0.15) is 23.0 Å². The summed E-state index contributed by atoms with van der Waals surface area (Å²) < 4.78 is 19.0. The first-order valence-electron chi connectivity index (χ1n) is 8.65. The van der Waals surface area contributed by atoms with Crippen molar-refractivity contribution in [3.8, 4) is 5.75 Å². The Morgan fingerprint density at radius 1 is 1.11 bits per heavy atom. The van der Waals surface area contributed by atoms with Gasteiger partial charge in [0.2, 0.25) is 0 Å². The second-order valence-electron chi connectivity index (χ2n) is 6.25. The highest BCUT2D eigenvalue weighted by molar-refractivity contribution is 5.79. The fourth-order valence-electron chi connectivity index (χ4n) is 3.01. The number of nitrogens with zero attached hydrogens (tertiary/aromatic N) is 2. The predicted octanol–water partition coefficient (Wildman–Crippen LogP) is 4.31. The average molecular weight is 362 g/mol. The number of fused-ring (bicyclic) bond motifs is 1. The maximum atomic E-state index is 13.9. The summed E-state index contributed by atoms with van der Waals surface area (Å²) in [5, 5.41) is 4.26. The molecule has 4 rings (SSSR count). The lowest BCUT2D eigenvalue weighted by Crippen LogP contribution is -2.04. The molecule has 1 aromatic carbocycles. The number of hydrogen-bond donors (Lipinski definition) is 2. The van der Waals surface area contributed by atoms with Gasteiger partial charge in [-0.15, -0.1) is 0 Å². The quantitative estimate of drug-likeness (QED) is 0.537.